The van der Waals surface area contributed by atoms with Gasteiger partial charge in [0, 0.05) is 25.7 Å². The molecule has 0 spiro atoms. The molecule has 0 bridgehead atoms. The first-order valence-corrected chi connectivity index (χ1v) is 9.27. The van der Waals surface area contributed by atoms with Crippen LogP contribution in [-0.4, -0.2) is 30.7 Å². The van der Waals surface area contributed by atoms with E-state index in [1.165, 1.54) is 11.5 Å². The first-order chi connectivity index (χ1) is 11.4. The van der Waals surface area contributed by atoms with Crippen LogP contribution in [0.4, 0.5) is 5.82 Å². The molecule has 0 fully saturated rings. The van der Waals surface area contributed by atoms with Gasteiger partial charge in [0.2, 0.25) is 0 Å². The first kappa shape index (κ1) is 15.9. The molecule has 24 heavy (non-hydrogen) atoms. The second kappa shape index (κ2) is 5.72. The van der Waals surface area contributed by atoms with E-state index in [-0.39, 0.29) is 5.41 Å². The number of hydrogen-bond donors (Lipinski definition) is 0. The molecular formula is C17H21IN6. The standard InChI is InChI=1S/C17H21IN6/c1-17(2,3)8-15-19-9-12-11-22(6-7-23(12)15)14-4-5-24-16(21-14)13(18)10-20-24/h4-5,9-10H,6-8,11H2,1-3H3. The number of rotatable bonds is 2. The SMILES string of the molecule is CC(C)(C)Cc1ncc2n1CCN(c1ccn3ncc(I)c3n1)C2. The molecule has 0 N–H and O–H groups in total. The van der Waals surface area contributed by atoms with Crippen molar-refractivity contribution in [1.29, 1.82) is 0 Å². The highest BCUT2D eigenvalue weighted by Crippen LogP contribution is 2.25. The van der Waals surface area contributed by atoms with E-state index in [0.29, 0.717) is 0 Å². The maximum absolute atomic E-state index is 4.79. The summed E-state index contributed by atoms with van der Waals surface area (Å²) in [6.07, 6.45) is 6.85. The number of imidazole rings is 1. The molecule has 6 nitrogen and oxygen atoms in total. The third-order valence-corrected chi connectivity index (χ3v) is 5.05. The lowest BCUT2D eigenvalue weighted by atomic mass is 9.92. The second-order valence-electron chi connectivity index (χ2n) is 7.52. The number of fused-ring (bicyclic) bond motifs is 2. The van der Waals surface area contributed by atoms with E-state index in [9.17, 15) is 0 Å². The predicted molar refractivity (Wildman–Crippen MR) is 102 cm³/mol. The Morgan fingerprint density at radius 3 is 2.83 bits per heavy atom. The average molecular weight is 436 g/mol. The van der Waals surface area contributed by atoms with Crippen LogP contribution in [0.3, 0.4) is 0 Å². The maximum atomic E-state index is 4.79. The molecular weight excluding hydrogens is 415 g/mol. The minimum Gasteiger partial charge on any atom is -0.349 e. The van der Waals surface area contributed by atoms with Gasteiger partial charge in [-0.25, -0.2) is 14.5 Å². The summed E-state index contributed by atoms with van der Waals surface area (Å²) >= 11 is 2.28. The lowest BCUT2D eigenvalue weighted by Crippen LogP contribution is -2.35. The Labute approximate surface area is 155 Å². The molecule has 126 valence electrons. The highest BCUT2D eigenvalue weighted by atomic mass is 127. The highest BCUT2D eigenvalue weighted by molar-refractivity contribution is 14.1. The second-order valence-corrected chi connectivity index (χ2v) is 8.69. The molecule has 0 radical (unpaired) electrons. The zero-order chi connectivity index (χ0) is 16.9. The van der Waals surface area contributed by atoms with Crippen molar-refractivity contribution in [3.05, 3.63) is 39.7 Å². The Hall–Kier alpha value is -1.64. The van der Waals surface area contributed by atoms with Crippen LogP contribution in [0.5, 0.6) is 0 Å². The number of aromatic nitrogens is 5. The van der Waals surface area contributed by atoms with Crippen LogP contribution in [0, 0.1) is 8.99 Å². The smallest absolute Gasteiger partial charge is 0.170 e. The van der Waals surface area contributed by atoms with Gasteiger partial charge in [-0.2, -0.15) is 5.10 Å². The predicted octanol–water partition coefficient (Wildman–Crippen LogP) is 3.14. The molecule has 0 saturated carbocycles. The van der Waals surface area contributed by atoms with Gasteiger partial charge < -0.3 is 9.47 Å². The van der Waals surface area contributed by atoms with Crippen molar-refractivity contribution < 1.29 is 0 Å². The Bertz CT molecular complexity index is 888. The summed E-state index contributed by atoms with van der Waals surface area (Å²) < 4.78 is 5.27. The minimum absolute atomic E-state index is 0.255. The average Bonchev–Trinajstić information content (AvgIpc) is 3.09. The van der Waals surface area contributed by atoms with Crippen LogP contribution in [0.2, 0.25) is 0 Å². The first-order valence-electron chi connectivity index (χ1n) is 8.19. The zero-order valence-electron chi connectivity index (χ0n) is 14.2. The molecule has 3 aromatic heterocycles. The van der Waals surface area contributed by atoms with Crippen molar-refractivity contribution in [2.24, 2.45) is 5.41 Å². The highest BCUT2D eigenvalue weighted by Gasteiger charge is 2.23. The molecule has 0 saturated heterocycles. The van der Waals surface area contributed by atoms with Crippen LogP contribution < -0.4 is 4.90 Å². The third-order valence-electron chi connectivity index (χ3n) is 4.29. The van der Waals surface area contributed by atoms with Gasteiger partial charge in [0.05, 0.1) is 28.2 Å². The van der Waals surface area contributed by atoms with Gasteiger partial charge in [-0.3, -0.25) is 0 Å². The number of anilines is 1. The van der Waals surface area contributed by atoms with Crippen molar-refractivity contribution in [3.63, 3.8) is 0 Å². The topological polar surface area (TPSA) is 51.2 Å². The Kier molecular flexibility index (Phi) is 3.78. The molecule has 0 aromatic carbocycles. The van der Waals surface area contributed by atoms with E-state index < -0.39 is 0 Å². The summed E-state index contributed by atoms with van der Waals surface area (Å²) in [5.74, 6) is 2.21. The van der Waals surface area contributed by atoms with E-state index in [1.54, 1.807) is 0 Å². The maximum Gasteiger partial charge on any atom is 0.170 e. The summed E-state index contributed by atoms with van der Waals surface area (Å²) in [6, 6.07) is 2.04. The van der Waals surface area contributed by atoms with Crippen molar-refractivity contribution in [3.8, 4) is 0 Å². The minimum atomic E-state index is 0.255. The largest absolute Gasteiger partial charge is 0.349 e. The zero-order valence-corrected chi connectivity index (χ0v) is 16.4. The summed E-state index contributed by atoms with van der Waals surface area (Å²) in [7, 11) is 0. The molecule has 0 unspecified atom stereocenters. The third kappa shape index (κ3) is 2.89. The van der Waals surface area contributed by atoms with E-state index in [1.807, 2.05) is 29.2 Å². The Morgan fingerprint density at radius 1 is 1.21 bits per heavy atom. The molecule has 7 heteroatoms. The Balaban J connectivity index is 1.60. The monoisotopic (exact) mass is 436 g/mol. The van der Waals surface area contributed by atoms with Gasteiger partial charge >= 0.3 is 0 Å². The molecule has 0 atom stereocenters. The van der Waals surface area contributed by atoms with E-state index in [4.69, 9.17) is 4.98 Å². The van der Waals surface area contributed by atoms with Crippen molar-refractivity contribution >= 4 is 34.1 Å². The molecule has 0 aliphatic carbocycles. The number of halogens is 1. The summed E-state index contributed by atoms with van der Waals surface area (Å²) in [5.41, 5.74) is 2.44. The molecule has 1 aliphatic heterocycles. The molecule has 1 aliphatic rings. The quantitative estimate of drug-likeness (QED) is 0.580. The van der Waals surface area contributed by atoms with Crippen LogP contribution in [0.1, 0.15) is 32.3 Å². The van der Waals surface area contributed by atoms with Gasteiger partial charge in [0.1, 0.15) is 11.6 Å². The van der Waals surface area contributed by atoms with Crippen molar-refractivity contribution in [2.45, 2.75) is 40.3 Å². The molecule has 4 rings (SSSR count). The summed E-state index contributed by atoms with van der Waals surface area (Å²) in [5, 5.41) is 4.29. The van der Waals surface area contributed by atoms with E-state index in [0.717, 1.165) is 41.1 Å². The fourth-order valence-corrected chi connectivity index (χ4v) is 3.66. The fourth-order valence-electron chi connectivity index (χ4n) is 3.17. The number of nitrogens with zero attached hydrogens (tertiary/aromatic N) is 6. The fraction of sp³-hybridized carbons (Fsp3) is 0.471. The molecule has 3 aromatic rings. The molecule has 4 heterocycles. The van der Waals surface area contributed by atoms with Crippen LogP contribution in [-0.2, 0) is 19.5 Å². The van der Waals surface area contributed by atoms with Crippen molar-refractivity contribution in [2.75, 3.05) is 11.4 Å². The number of hydrogen-bond acceptors (Lipinski definition) is 4. The summed E-state index contributed by atoms with van der Waals surface area (Å²) in [4.78, 5) is 11.8. The van der Waals surface area contributed by atoms with Gasteiger partial charge in [0.25, 0.3) is 0 Å². The van der Waals surface area contributed by atoms with Gasteiger partial charge in [0.15, 0.2) is 5.65 Å². The van der Waals surface area contributed by atoms with Crippen molar-refractivity contribution in [1.82, 2.24) is 24.1 Å². The van der Waals surface area contributed by atoms with Crippen LogP contribution in [0.25, 0.3) is 5.65 Å². The Morgan fingerprint density at radius 2 is 2.04 bits per heavy atom. The van der Waals surface area contributed by atoms with E-state index in [2.05, 4.69) is 62.9 Å². The van der Waals surface area contributed by atoms with Gasteiger partial charge in [-0.15, -0.1) is 0 Å². The normalized spacial score (nSPS) is 15.1. The van der Waals surface area contributed by atoms with E-state index >= 15 is 0 Å². The lowest BCUT2D eigenvalue weighted by molar-refractivity contribution is 0.387. The molecule has 0 amide bonds. The van der Waals surface area contributed by atoms with Gasteiger partial charge in [-0.05, 0) is 34.1 Å². The lowest BCUT2D eigenvalue weighted by Gasteiger charge is -2.30. The van der Waals surface area contributed by atoms with Crippen LogP contribution >= 0.6 is 22.6 Å². The van der Waals surface area contributed by atoms with Gasteiger partial charge in [-0.1, -0.05) is 20.8 Å². The summed E-state index contributed by atoms with van der Waals surface area (Å²) in [6.45, 7) is 9.55. The van der Waals surface area contributed by atoms with Crippen LogP contribution in [0.15, 0.2) is 24.7 Å².